The lowest BCUT2D eigenvalue weighted by Gasteiger charge is -2.16. The second-order valence-electron chi connectivity index (χ2n) is 6.84. The van der Waals surface area contributed by atoms with Crippen LogP contribution in [-0.2, 0) is 14.8 Å². The zero-order valence-electron chi connectivity index (χ0n) is 16.1. The summed E-state index contributed by atoms with van der Waals surface area (Å²) >= 11 is 12.0. The molecule has 7 nitrogen and oxygen atoms in total. The Balaban J connectivity index is 1.56. The Morgan fingerprint density at radius 3 is 2.63 bits per heavy atom. The SMILES string of the molecule is O=C(CCCOc1cccc(Cl)c1Cl)Nc1cc(S(=O)(=O)N2CCCC2)ccc1O. The van der Waals surface area contributed by atoms with Crippen LogP contribution in [0.4, 0.5) is 5.69 Å². The highest BCUT2D eigenvalue weighted by molar-refractivity contribution is 7.89. The Hall–Kier alpha value is -2.00. The van der Waals surface area contributed by atoms with Crippen LogP contribution in [0.25, 0.3) is 0 Å². The number of nitrogens with one attached hydrogen (secondary N) is 1. The predicted octanol–water partition coefficient (Wildman–Crippen LogP) is 4.28. The Kier molecular flexibility index (Phi) is 7.46. The first-order valence-corrected chi connectivity index (χ1v) is 11.7. The van der Waals surface area contributed by atoms with E-state index in [2.05, 4.69) is 5.32 Å². The van der Waals surface area contributed by atoms with Gasteiger partial charge < -0.3 is 15.2 Å². The van der Waals surface area contributed by atoms with Crippen molar-refractivity contribution in [1.29, 1.82) is 0 Å². The van der Waals surface area contributed by atoms with Crippen LogP contribution in [-0.4, -0.2) is 43.4 Å². The molecule has 10 heteroatoms. The molecule has 1 aliphatic rings. The topological polar surface area (TPSA) is 95.9 Å². The van der Waals surface area contributed by atoms with Gasteiger partial charge in [-0.15, -0.1) is 0 Å². The van der Waals surface area contributed by atoms with Gasteiger partial charge in [-0.05, 0) is 49.6 Å². The Morgan fingerprint density at radius 1 is 1.17 bits per heavy atom. The second-order valence-corrected chi connectivity index (χ2v) is 9.57. The summed E-state index contributed by atoms with van der Waals surface area (Å²) in [5, 5.41) is 13.3. The lowest BCUT2D eigenvalue weighted by Crippen LogP contribution is -2.28. The van der Waals surface area contributed by atoms with Crippen molar-refractivity contribution in [3.63, 3.8) is 0 Å². The Morgan fingerprint density at radius 2 is 1.90 bits per heavy atom. The van der Waals surface area contributed by atoms with Gasteiger partial charge in [0.1, 0.15) is 16.5 Å². The van der Waals surface area contributed by atoms with Gasteiger partial charge in [0.2, 0.25) is 15.9 Å². The third-order valence-corrected chi connectivity index (χ3v) is 7.36. The highest BCUT2D eigenvalue weighted by Crippen LogP contribution is 2.32. The quantitative estimate of drug-likeness (QED) is 0.441. The Bertz CT molecular complexity index is 1020. The van der Waals surface area contributed by atoms with Gasteiger partial charge in [-0.1, -0.05) is 29.3 Å². The van der Waals surface area contributed by atoms with Crippen molar-refractivity contribution in [2.75, 3.05) is 25.0 Å². The van der Waals surface area contributed by atoms with Crippen molar-refractivity contribution in [1.82, 2.24) is 4.31 Å². The average molecular weight is 473 g/mol. The highest BCUT2D eigenvalue weighted by Gasteiger charge is 2.27. The molecule has 1 amide bonds. The molecular weight excluding hydrogens is 451 g/mol. The van der Waals surface area contributed by atoms with Crippen molar-refractivity contribution < 1.29 is 23.1 Å². The summed E-state index contributed by atoms with van der Waals surface area (Å²) in [4.78, 5) is 12.3. The Labute approximate surface area is 185 Å². The van der Waals surface area contributed by atoms with Crippen LogP contribution in [0, 0.1) is 0 Å². The summed E-state index contributed by atoms with van der Waals surface area (Å²) in [7, 11) is -3.65. The molecule has 30 heavy (non-hydrogen) atoms. The molecule has 162 valence electrons. The molecule has 3 rings (SSSR count). The molecule has 0 spiro atoms. The van der Waals surface area contributed by atoms with E-state index >= 15 is 0 Å². The zero-order valence-corrected chi connectivity index (χ0v) is 18.4. The van der Waals surface area contributed by atoms with Gasteiger partial charge in [0, 0.05) is 19.5 Å². The molecule has 1 fully saturated rings. The smallest absolute Gasteiger partial charge is 0.243 e. The first-order chi connectivity index (χ1) is 14.3. The fourth-order valence-electron chi connectivity index (χ4n) is 3.08. The number of nitrogens with zero attached hydrogens (tertiary/aromatic N) is 1. The van der Waals surface area contributed by atoms with E-state index in [0.29, 0.717) is 35.3 Å². The average Bonchev–Trinajstić information content (AvgIpc) is 3.25. The molecular formula is C20H22Cl2N2O5S. The van der Waals surface area contributed by atoms with Crippen LogP contribution in [0.1, 0.15) is 25.7 Å². The van der Waals surface area contributed by atoms with Crippen molar-refractivity contribution in [3.05, 3.63) is 46.4 Å². The van der Waals surface area contributed by atoms with E-state index in [1.54, 1.807) is 18.2 Å². The van der Waals surface area contributed by atoms with E-state index in [-0.39, 0.29) is 35.3 Å². The molecule has 2 N–H and O–H groups in total. The molecule has 0 aliphatic carbocycles. The van der Waals surface area contributed by atoms with Gasteiger partial charge in [0.05, 0.1) is 22.2 Å². The van der Waals surface area contributed by atoms with E-state index in [9.17, 15) is 18.3 Å². The lowest BCUT2D eigenvalue weighted by molar-refractivity contribution is -0.116. The number of carbonyl (C=O) groups is 1. The number of anilines is 1. The minimum atomic E-state index is -3.65. The van der Waals surface area contributed by atoms with Crippen LogP contribution in [0.2, 0.25) is 10.0 Å². The number of aromatic hydroxyl groups is 1. The number of phenolic OH excluding ortho intramolecular Hbond substituents is 1. The van der Waals surface area contributed by atoms with Crippen LogP contribution < -0.4 is 10.1 Å². The minimum absolute atomic E-state index is 0.0384. The number of carbonyl (C=O) groups excluding carboxylic acids is 1. The van der Waals surface area contributed by atoms with Crippen molar-refractivity contribution in [2.45, 2.75) is 30.6 Å². The minimum Gasteiger partial charge on any atom is -0.506 e. The first kappa shape index (κ1) is 22.7. The summed E-state index contributed by atoms with van der Waals surface area (Å²) < 4.78 is 32.3. The number of halogens is 2. The third kappa shape index (κ3) is 5.37. The maximum absolute atomic E-state index is 12.7. The van der Waals surface area contributed by atoms with Gasteiger partial charge in [-0.25, -0.2) is 8.42 Å². The fraction of sp³-hybridized carbons (Fsp3) is 0.350. The number of ether oxygens (including phenoxy) is 1. The van der Waals surface area contributed by atoms with Crippen LogP contribution in [0.15, 0.2) is 41.3 Å². The molecule has 1 aliphatic heterocycles. The van der Waals surface area contributed by atoms with E-state index in [1.807, 2.05) is 0 Å². The van der Waals surface area contributed by atoms with Crippen LogP contribution in [0.5, 0.6) is 11.5 Å². The molecule has 2 aromatic carbocycles. The maximum atomic E-state index is 12.7. The third-order valence-electron chi connectivity index (χ3n) is 4.67. The van der Waals surface area contributed by atoms with E-state index < -0.39 is 10.0 Å². The van der Waals surface area contributed by atoms with Gasteiger partial charge in [0.15, 0.2) is 0 Å². The summed E-state index contributed by atoms with van der Waals surface area (Å²) in [5.74, 6) is -0.144. The van der Waals surface area contributed by atoms with Crippen LogP contribution in [0.3, 0.4) is 0 Å². The molecule has 1 heterocycles. The predicted molar refractivity (Wildman–Crippen MR) is 116 cm³/mol. The molecule has 1 saturated heterocycles. The van der Waals surface area contributed by atoms with Gasteiger partial charge >= 0.3 is 0 Å². The monoisotopic (exact) mass is 472 g/mol. The maximum Gasteiger partial charge on any atom is 0.243 e. The van der Waals surface area contributed by atoms with Crippen LogP contribution >= 0.6 is 23.2 Å². The molecule has 0 radical (unpaired) electrons. The number of sulfonamides is 1. The molecule has 0 atom stereocenters. The largest absolute Gasteiger partial charge is 0.506 e. The van der Waals surface area contributed by atoms with E-state index in [4.69, 9.17) is 27.9 Å². The van der Waals surface area contributed by atoms with Gasteiger partial charge in [0.25, 0.3) is 0 Å². The number of hydrogen-bond acceptors (Lipinski definition) is 5. The number of hydrogen-bond donors (Lipinski definition) is 2. The standard InChI is InChI=1S/C20H22Cl2N2O5S/c21-15-5-3-6-18(20(15)22)29-12-4-7-19(26)23-16-13-14(8-9-17(16)25)30(27,28)24-10-1-2-11-24/h3,5-6,8-9,13,25H,1-2,4,7,10-12H2,(H,23,26). The molecule has 2 aromatic rings. The first-order valence-electron chi connectivity index (χ1n) is 9.49. The lowest BCUT2D eigenvalue weighted by atomic mass is 10.2. The highest BCUT2D eigenvalue weighted by atomic mass is 35.5. The zero-order chi connectivity index (χ0) is 21.7. The molecule has 0 saturated carbocycles. The molecule has 0 unspecified atom stereocenters. The fourth-order valence-corrected chi connectivity index (χ4v) is 4.97. The van der Waals surface area contributed by atoms with Crippen molar-refractivity contribution in [3.8, 4) is 11.5 Å². The van der Waals surface area contributed by atoms with Gasteiger partial charge in [-0.2, -0.15) is 4.31 Å². The molecule has 0 aromatic heterocycles. The number of phenols is 1. The summed E-state index contributed by atoms with van der Waals surface area (Å²) in [6.45, 7) is 1.19. The number of rotatable bonds is 8. The number of benzene rings is 2. The van der Waals surface area contributed by atoms with E-state index in [1.165, 1.54) is 22.5 Å². The van der Waals surface area contributed by atoms with Crippen molar-refractivity contribution in [2.24, 2.45) is 0 Å². The second kappa shape index (κ2) is 9.87. The molecule has 0 bridgehead atoms. The normalized spacial score (nSPS) is 14.6. The summed E-state index contributed by atoms with van der Waals surface area (Å²) in [6.07, 6.45) is 2.15. The van der Waals surface area contributed by atoms with E-state index in [0.717, 1.165) is 12.8 Å². The summed E-state index contributed by atoms with van der Waals surface area (Å²) in [6, 6.07) is 8.92. The number of amides is 1. The van der Waals surface area contributed by atoms with Gasteiger partial charge in [-0.3, -0.25) is 4.79 Å². The van der Waals surface area contributed by atoms with Crippen molar-refractivity contribution >= 4 is 44.8 Å². The summed E-state index contributed by atoms with van der Waals surface area (Å²) in [5.41, 5.74) is 0.0547.